The summed E-state index contributed by atoms with van der Waals surface area (Å²) in [6, 6.07) is 3.36. The molecule has 1 aromatic rings. The van der Waals surface area contributed by atoms with Crippen LogP contribution in [0, 0.1) is 5.92 Å². The van der Waals surface area contributed by atoms with Gasteiger partial charge in [-0.25, -0.2) is 22.5 Å². The van der Waals surface area contributed by atoms with Gasteiger partial charge < -0.3 is 15.7 Å². The van der Waals surface area contributed by atoms with Crippen molar-refractivity contribution in [2.45, 2.75) is 76.7 Å². The van der Waals surface area contributed by atoms with Crippen LogP contribution in [0.3, 0.4) is 0 Å². The molecule has 0 saturated carbocycles. The number of rotatable bonds is 12. The van der Waals surface area contributed by atoms with E-state index >= 15 is 0 Å². The number of carbonyl (C=O) groups excluding carboxylic acids is 1. The van der Waals surface area contributed by atoms with Crippen molar-refractivity contribution in [1.29, 1.82) is 0 Å². The SMILES string of the molecule is CS(=O)(=O)N1CCC[C@@H](C(=O)NC(CCCCCCCc2ccc3c(n2)NCCC3)C(=O)O)C1. The van der Waals surface area contributed by atoms with Crippen molar-refractivity contribution in [1.82, 2.24) is 14.6 Å². The monoisotopic (exact) mass is 494 g/mol. The second kappa shape index (κ2) is 12.5. The van der Waals surface area contributed by atoms with E-state index in [9.17, 15) is 23.1 Å². The van der Waals surface area contributed by atoms with Gasteiger partial charge in [-0.2, -0.15) is 0 Å². The average Bonchev–Trinajstić information content (AvgIpc) is 2.81. The summed E-state index contributed by atoms with van der Waals surface area (Å²) in [5, 5.41) is 15.5. The van der Waals surface area contributed by atoms with Crippen molar-refractivity contribution in [3.05, 3.63) is 23.4 Å². The molecule has 190 valence electrons. The highest BCUT2D eigenvalue weighted by Crippen LogP contribution is 2.21. The van der Waals surface area contributed by atoms with Crippen LogP contribution >= 0.6 is 0 Å². The average molecular weight is 495 g/mol. The molecule has 3 N–H and O–H groups in total. The molecule has 0 bridgehead atoms. The minimum Gasteiger partial charge on any atom is -0.480 e. The minimum atomic E-state index is -3.35. The Balaban J connectivity index is 1.33. The lowest BCUT2D eigenvalue weighted by Gasteiger charge is -2.30. The third-order valence-corrected chi connectivity index (χ3v) is 7.99. The first kappa shape index (κ1) is 26.4. The maximum absolute atomic E-state index is 12.6. The summed E-state index contributed by atoms with van der Waals surface area (Å²) in [7, 11) is -3.35. The molecule has 0 aliphatic carbocycles. The predicted molar refractivity (Wildman–Crippen MR) is 131 cm³/mol. The Morgan fingerprint density at radius 2 is 1.97 bits per heavy atom. The molecule has 1 saturated heterocycles. The lowest BCUT2D eigenvalue weighted by Crippen LogP contribution is -2.49. The number of carboxylic acids is 1. The van der Waals surface area contributed by atoms with Crippen LogP contribution in [-0.2, 0) is 32.5 Å². The molecule has 1 aromatic heterocycles. The Hall–Kier alpha value is -2.20. The lowest BCUT2D eigenvalue weighted by molar-refractivity contribution is -0.143. The number of sulfonamides is 1. The fraction of sp³-hybridized carbons (Fsp3) is 0.708. The fourth-order valence-corrected chi connectivity index (χ4v) is 5.61. The summed E-state index contributed by atoms with van der Waals surface area (Å²) in [6.45, 7) is 1.51. The van der Waals surface area contributed by atoms with E-state index in [4.69, 9.17) is 4.98 Å². The smallest absolute Gasteiger partial charge is 0.326 e. The number of anilines is 1. The van der Waals surface area contributed by atoms with Gasteiger partial charge in [0, 0.05) is 25.3 Å². The van der Waals surface area contributed by atoms with Gasteiger partial charge in [-0.05, 0) is 56.6 Å². The molecule has 9 nitrogen and oxygen atoms in total. The summed E-state index contributed by atoms with van der Waals surface area (Å²) in [6.07, 6.45) is 10.6. The molecule has 1 unspecified atom stereocenters. The molecular weight excluding hydrogens is 456 g/mol. The van der Waals surface area contributed by atoms with E-state index < -0.39 is 28.0 Å². The van der Waals surface area contributed by atoms with Gasteiger partial charge in [0.25, 0.3) is 0 Å². The normalized spacial score (nSPS) is 19.6. The van der Waals surface area contributed by atoms with Crippen molar-refractivity contribution in [3.8, 4) is 0 Å². The van der Waals surface area contributed by atoms with E-state index in [0.29, 0.717) is 25.8 Å². The number of hydrogen-bond donors (Lipinski definition) is 3. The molecule has 1 fully saturated rings. The Morgan fingerprint density at radius 3 is 2.74 bits per heavy atom. The Bertz CT molecular complexity index is 953. The first-order valence-corrected chi connectivity index (χ1v) is 14.3. The van der Waals surface area contributed by atoms with Crippen LogP contribution in [-0.4, -0.2) is 66.6 Å². The number of hydrogen-bond acceptors (Lipinski definition) is 6. The van der Waals surface area contributed by atoms with Crippen molar-refractivity contribution in [2.24, 2.45) is 5.92 Å². The zero-order valence-corrected chi connectivity index (χ0v) is 20.9. The fourth-order valence-electron chi connectivity index (χ4n) is 4.70. The van der Waals surface area contributed by atoms with Gasteiger partial charge in [0.05, 0.1) is 12.2 Å². The third kappa shape index (κ3) is 7.94. The highest BCUT2D eigenvalue weighted by atomic mass is 32.2. The Morgan fingerprint density at radius 1 is 1.21 bits per heavy atom. The van der Waals surface area contributed by atoms with E-state index in [2.05, 4.69) is 22.8 Å². The number of unbranched alkanes of at least 4 members (excludes halogenated alkanes) is 4. The van der Waals surface area contributed by atoms with Crippen LogP contribution in [0.4, 0.5) is 5.82 Å². The van der Waals surface area contributed by atoms with Crippen molar-refractivity contribution in [3.63, 3.8) is 0 Å². The van der Waals surface area contributed by atoms with Gasteiger partial charge >= 0.3 is 5.97 Å². The van der Waals surface area contributed by atoms with E-state index in [1.165, 1.54) is 9.87 Å². The number of nitrogens with zero attached hydrogens (tertiary/aromatic N) is 2. The number of aliphatic carboxylic acids is 1. The van der Waals surface area contributed by atoms with Crippen molar-refractivity contribution >= 4 is 27.7 Å². The summed E-state index contributed by atoms with van der Waals surface area (Å²) >= 11 is 0. The van der Waals surface area contributed by atoms with Crippen LogP contribution in [0.1, 0.15) is 69.0 Å². The molecule has 34 heavy (non-hydrogen) atoms. The van der Waals surface area contributed by atoms with Gasteiger partial charge in [-0.15, -0.1) is 0 Å². The van der Waals surface area contributed by atoms with Gasteiger partial charge in [-0.1, -0.05) is 31.7 Å². The number of pyridine rings is 1. The number of nitrogens with one attached hydrogen (secondary N) is 2. The standard InChI is InChI=1S/C24H38N4O5S/c1-34(32,33)28-16-8-10-19(17-28)23(29)27-21(24(30)31)12-6-4-2-3-5-11-20-14-13-18-9-7-15-25-22(18)26-20/h13-14,19,21H,2-12,15-17H2,1H3,(H,25,26)(H,27,29)(H,30,31)/t19-,21?/m1/s1. The summed E-state index contributed by atoms with van der Waals surface area (Å²) < 4.78 is 24.8. The highest BCUT2D eigenvalue weighted by molar-refractivity contribution is 7.88. The van der Waals surface area contributed by atoms with E-state index in [1.807, 2.05) is 0 Å². The maximum atomic E-state index is 12.6. The minimum absolute atomic E-state index is 0.117. The summed E-state index contributed by atoms with van der Waals surface area (Å²) in [4.78, 5) is 28.9. The third-order valence-electron chi connectivity index (χ3n) is 6.72. The number of carboxylic acid groups (broad SMARTS) is 1. The molecule has 0 radical (unpaired) electrons. The second-order valence-electron chi connectivity index (χ2n) is 9.51. The van der Waals surface area contributed by atoms with E-state index in [-0.39, 0.29) is 12.5 Å². The van der Waals surface area contributed by atoms with Crippen LogP contribution in [0.2, 0.25) is 0 Å². The van der Waals surface area contributed by atoms with Gasteiger partial charge in [-0.3, -0.25) is 4.79 Å². The molecule has 3 heterocycles. The molecule has 1 amide bonds. The quantitative estimate of drug-likeness (QED) is 0.381. The Labute approximate surface area is 202 Å². The first-order valence-electron chi connectivity index (χ1n) is 12.4. The largest absolute Gasteiger partial charge is 0.480 e. The topological polar surface area (TPSA) is 129 Å². The lowest BCUT2D eigenvalue weighted by atomic mass is 9.97. The number of piperidine rings is 1. The zero-order valence-electron chi connectivity index (χ0n) is 20.1. The molecule has 0 spiro atoms. The van der Waals surface area contributed by atoms with E-state index in [1.54, 1.807) is 0 Å². The van der Waals surface area contributed by atoms with Gasteiger partial charge in [0.1, 0.15) is 11.9 Å². The predicted octanol–water partition coefficient (Wildman–Crippen LogP) is 2.56. The Kier molecular flexibility index (Phi) is 9.70. The summed E-state index contributed by atoms with van der Waals surface area (Å²) in [5.41, 5.74) is 2.41. The zero-order chi connectivity index (χ0) is 24.6. The molecule has 2 aliphatic rings. The number of aryl methyl sites for hydroxylation is 2. The summed E-state index contributed by atoms with van der Waals surface area (Å²) in [5.74, 6) is -0.885. The van der Waals surface area contributed by atoms with E-state index in [0.717, 1.165) is 75.7 Å². The highest BCUT2D eigenvalue weighted by Gasteiger charge is 2.32. The van der Waals surface area contributed by atoms with Crippen LogP contribution < -0.4 is 10.6 Å². The van der Waals surface area contributed by atoms with Crippen molar-refractivity contribution < 1.29 is 23.1 Å². The molecular formula is C24H38N4O5S. The van der Waals surface area contributed by atoms with Gasteiger partial charge in [0.2, 0.25) is 15.9 Å². The van der Waals surface area contributed by atoms with Crippen molar-refractivity contribution in [2.75, 3.05) is 31.2 Å². The number of carbonyl (C=O) groups is 2. The molecule has 2 aliphatic heterocycles. The molecule has 2 atom stereocenters. The van der Waals surface area contributed by atoms with Crippen LogP contribution in [0.25, 0.3) is 0 Å². The molecule has 10 heteroatoms. The van der Waals surface area contributed by atoms with Crippen LogP contribution in [0.5, 0.6) is 0 Å². The maximum Gasteiger partial charge on any atom is 0.326 e. The number of amides is 1. The number of fused-ring (bicyclic) bond motifs is 1. The molecule has 3 rings (SSSR count). The molecule has 0 aromatic carbocycles. The van der Waals surface area contributed by atoms with Crippen LogP contribution in [0.15, 0.2) is 12.1 Å². The first-order chi connectivity index (χ1) is 16.2. The second-order valence-corrected chi connectivity index (χ2v) is 11.5. The van der Waals surface area contributed by atoms with Gasteiger partial charge in [0.15, 0.2) is 0 Å². The number of aromatic nitrogens is 1.